The average molecular weight is 479 g/mol. The van der Waals surface area contributed by atoms with Gasteiger partial charge >= 0.3 is 0 Å². The molecule has 1 spiro atoms. The summed E-state index contributed by atoms with van der Waals surface area (Å²) in [5, 5.41) is 4.15. The Bertz CT molecular complexity index is 1240. The Labute approximate surface area is 203 Å². The van der Waals surface area contributed by atoms with Gasteiger partial charge in [0.1, 0.15) is 5.82 Å². The summed E-state index contributed by atoms with van der Waals surface area (Å²) < 4.78 is 5.22. The van der Waals surface area contributed by atoms with E-state index in [0.29, 0.717) is 29.8 Å². The van der Waals surface area contributed by atoms with Gasteiger partial charge < -0.3 is 15.0 Å². The van der Waals surface area contributed by atoms with Gasteiger partial charge in [0, 0.05) is 43.3 Å². The number of pyridine rings is 2. The quantitative estimate of drug-likeness (QED) is 0.604. The smallest absolute Gasteiger partial charge is 0.229 e. The normalized spacial score (nSPS) is 20.1. The van der Waals surface area contributed by atoms with Crippen LogP contribution in [-0.2, 0) is 11.2 Å². The van der Waals surface area contributed by atoms with Gasteiger partial charge in [-0.25, -0.2) is 19.9 Å². The van der Waals surface area contributed by atoms with E-state index >= 15 is 0 Å². The monoisotopic (exact) mass is 478 g/mol. The number of hydrogen-bond acceptors (Lipinski definition) is 7. The van der Waals surface area contributed by atoms with Crippen molar-refractivity contribution >= 4 is 23.3 Å². The molecule has 5 heterocycles. The van der Waals surface area contributed by atoms with E-state index in [4.69, 9.17) is 21.3 Å². The molecule has 0 aromatic carbocycles. The summed E-state index contributed by atoms with van der Waals surface area (Å²) in [5.74, 6) is 1.70. The summed E-state index contributed by atoms with van der Waals surface area (Å²) in [4.78, 5) is 33.0. The minimum absolute atomic E-state index is 0.0559. The van der Waals surface area contributed by atoms with Gasteiger partial charge in [0.2, 0.25) is 11.8 Å². The van der Waals surface area contributed by atoms with Crippen LogP contribution in [0.15, 0.2) is 36.8 Å². The van der Waals surface area contributed by atoms with Gasteiger partial charge in [0.15, 0.2) is 5.82 Å². The first-order valence-corrected chi connectivity index (χ1v) is 11.8. The molecule has 1 unspecified atom stereocenters. The highest BCUT2D eigenvalue weighted by atomic mass is 35.5. The lowest BCUT2D eigenvalue weighted by molar-refractivity contribution is -0.131. The van der Waals surface area contributed by atoms with Gasteiger partial charge in [-0.05, 0) is 56.4 Å². The molecule has 1 amide bonds. The second-order valence-electron chi connectivity index (χ2n) is 9.09. The molecule has 1 saturated heterocycles. The molecule has 1 N–H and O–H groups in total. The van der Waals surface area contributed by atoms with Crippen molar-refractivity contribution in [3.8, 4) is 17.3 Å². The summed E-state index contributed by atoms with van der Waals surface area (Å²) >= 11 is 6.35. The zero-order valence-electron chi connectivity index (χ0n) is 19.5. The number of carbonyl (C=O) groups excluding carboxylic acids is 1. The Hall–Kier alpha value is -3.26. The molecule has 2 aliphatic rings. The van der Waals surface area contributed by atoms with E-state index in [1.807, 2.05) is 24.8 Å². The van der Waals surface area contributed by atoms with Crippen molar-refractivity contribution in [1.82, 2.24) is 24.8 Å². The number of hydrogen-bond donors (Lipinski definition) is 1. The molecule has 0 radical (unpaired) electrons. The SMILES string of the molecule is COc1cc(C(C)C(=O)N2CC[C@@]3(CCc4cc(-c5ncccn5)c(C)nc4N3)C2)c(Cl)cn1. The van der Waals surface area contributed by atoms with Crippen LogP contribution in [0.4, 0.5) is 5.82 Å². The Morgan fingerprint density at radius 2 is 2.03 bits per heavy atom. The first-order chi connectivity index (χ1) is 16.4. The van der Waals surface area contributed by atoms with Gasteiger partial charge in [-0.15, -0.1) is 0 Å². The average Bonchev–Trinajstić information content (AvgIpc) is 3.26. The molecule has 2 atom stereocenters. The first kappa shape index (κ1) is 22.5. The number of amides is 1. The number of aryl methyl sites for hydroxylation is 2. The van der Waals surface area contributed by atoms with Crippen LogP contribution in [0, 0.1) is 6.92 Å². The molecule has 0 saturated carbocycles. The van der Waals surface area contributed by atoms with Gasteiger partial charge in [0.05, 0.1) is 29.3 Å². The number of rotatable bonds is 4. The summed E-state index contributed by atoms with van der Waals surface area (Å²) in [6.07, 6.45) is 7.72. The molecule has 0 bridgehead atoms. The van der Waals surface area contributed by atoms with Crippen LogP contribution in [0.25, 0.3) is 11.4 Å². The zero-order valence-corrected chi connectivity index (χ0v) is 20.3. The third-order valence-electron chi connectivity index (χ3n) is 6.93. The van der Waals surface area contributed by atoms with E-state index in [-0.39, 0.29) is 17.4 Å². The fraction of sp³-hybridized carbons (Fsp3) is 0.400. The molecule has 3 aromatic heterocycles. The number of aromatic nitrogens is 4. The summed E-state index contributed by atoms with van der Waals surface area (Å²) in [5.41, 5.74) is 3.56. The maximum Gasteiger partial charge on any atom is 0.229 e. The number of halogens is 1. The Morgan fingerprint density at radius 1 is 1.24 bits per heavy atom. The third kappa shape index (κ3) is 4.07. The van der Waals surface area contributed by atoms with Crippen LogP contribution in [-0.4, -0.2) is 56.5 Å². The molecule has 8 nitrogen and oxygen atoms in total. The Kier molecular flexibility index (Phi) is 5.85. The maximum absolute atomic E-state index is 13.4. The van der Waals surface area contributed by atoms with Crippen LogP contribution in [0.5, 0.6) is 5.88 Å². The van der Waals surface area contributed by atoms with Crippen molar-refractivity contribution in [2.24, 2.45) is 0 Å². The second kappa shape index (κ2) is 8.83. The topological polar surface area (TPSA) is 93.1 Å². The fourth-order valence-corrected chi connectivity index (χ4v) is 5.22. The molecule has 9 heteroatoms. The summed E-state index contributed by atoms with van der Waals surface area (Å²) in [6, 6.07) is 5.70. The van der Waals surface area contributed by atoms with Gasteiger partial charge in [-0.2, -0.15) is 0 Å². The van der Waals surface area contributed by atoms with E-state index in [1.165, 1.54) is 6.20 Å². The zero-order chi connectivity index (χ0) is 23.9. The van der Waals surface area contributed by atoms with Gasteiger partial charge in [-0.3, -0.25) is 4.79 Å². The van der Waals surface area contributed by atoms with Crippen molar-refractivity contribution in [2.75, 3.05) is 25.5 Å². The van der Waals surface area contributed by atoms with E-state index < -0.39 is 0 Å². The van der Waals surface area contributed by atoms with Crippen molar-refractivity contribution in [3.63, 3.8) is 0 Å². The van der Waals surface area contributed by atoms with Crippen LogP contribution in [0.1, 0.15) is 42.5 Å². The highest BCUT2D eigenvalue weighted by Crippen LogP contribution is 2.39. The summed E-state index contributed by atoms with van der Waals surface area (Å²) in [7, 11) is 1.55. The lowest BCUT2D eigenvalue weighted by Crippen LogP contribution is -2.46. The minimum Gasteiger partial charge on any atom is -0.481 e. The number of likely N-dealkylation sites (tertiary alicyclic amines) is 1. The predicted molar refractivity (Wildman–Crippen MR) is 130 cm³/mol. The van der Waals surface area contributed by atoms with Crippen molar-refractivity contribution in [1.29, 1.82) is 0 Å². The lowest BCUT2D eigenvalue weighted by Gasteiger charge is -2.36. The number of ether oxygens (including phenoxy) is 1. The molecule has 5 rings (SSSR count). The molecule has 2 aliphatic heterocycles. The fourth-order valence-electron chi connectivity index (χ4n) is 4.95. The van der Waals surface area contributed by atoms with Crippen molar-refractivity contribution in [2.45, 2.75) is 44.6 Å². The predicted octanol–water partition coefficient (Wildman–Crippen LogP) is 4.04. The summed E-state index contributed by atoms with van der Waals surface area (Å²) in [6.45, 7) is 5.20. The van der Waals surface area contributed by atoms with Crippen molar-refractivity contribution in [3.05, 3.63) is 58.6 Å². The number of methoxy groups -OCH3 is 1. The van der Waals surface area contributed by atoms with Crippen LogP contribution < -0.4 is 10.1 Å². The molecular weight excluding hydrogens is 452 g/mol. The largest absolute Gasteiger partial charge is 0.481 e. The highest BCUT2D eigenvalue weighted by molar-refractivity contribution is 6.31. The number of fused-ring (bicyclic) bond motifs is 1. The number of anilines is 1. The van der Waals surface area contributed by atoms with Crippen LogP contribution >= 0.6 is 11.6 Å². The molecule has 3 aromatic rings. The highest BCUT2D eigenvalue weighted by Gasteiger charge is 2.43. The molecule has 1 fully saturated rings. The standard InChI is InChI=1S/C25H27ClN6O2/c1-15(18-12-21(34-3)29-13-20(18)26)24(33)32-10-7-25(14-32)6-5-17-11-19(16(2)30-22(17)31-25)23-27-8-4-9-28-23/h4,8-9,11-13,15H,5-7,10,14H2,1-3H3,(H,30,31)/t15?,25-/m0/s1. The molecule has 34 heavy (non-hydrogen) atoms. The maximum atomic E-state index is 13.4. The number of nitrogens with one attached hydrogen (secondary N) is 1. The van der Waals surface area contributed by atoms with E-state index in [1.54, 1.807) is 25.6 Å². The van der Waals surface area contributed by atoms with Crippen LogP contribution in [0.3, 0.4) is 0 Å². The van der Waals surface area contributed by atoms with E-state index in [9.17, 15) is 4.79 Å². The molecule has 176 valence electrons. The second-order valence-corrected chi connectivity index (χ2v) is 9.49. The third-order valence-corrected chi connectivity index (χ3v) is 7.24. The lowest BCUT2D eigenvalue weighted by atomic mass is 9.86. The van der Waals surface area contributed by atoms with Crippen LogP contribution in [0.2, 0.25) is 5.02 Å². The molecular formula is C25H27ClN6O2. The van der Waals surface area contributed by atoms with E-state index in [0.717, 1.165) is 47.5 Å². The minimum atomic E-state index is -0.385. The van der Waals surface area contributed by atoms with Crippen molar-refractivity contribution < 1.29 is 9.53 Å². The van der Waals surface area contributed by atoms with Gasteiger partial charge in [0.25, 0.3) is 0 Å². The van der Waals surface area contributed by atoms with Gasteiger partial charge in [-0.1, -0.05) is 11.6 Å². The Balaban J connectivity index is 1.33. The Morgan fingerprint density at radius 3 is 2.79 bits per heavy atom. The van der Waals surface area contributed by atoms with E-state index in [2.05, 4.69) is 26.3 Å². The molecule has 0 aliphatic carbocycles. The first-order valence-electron chi connectivity index (χ1n) is 11.4. The number of carbonyl (C=O) groups is 1. The number of nitrogens with zero attached hydrogens (tertiary/aromatic N) is 5.